The van der Waals surface area contributed by atoms with Gasteiger partial charge < -0.3 is 5.32 Å². The second-order valence-electron chi connectivity index (χ2n) is 3.72. The summed E-state index contributed by atoms with van der Waals surface area (Å²) in [6.07, 6.45) is 0.766. The van der Waals surface area contributed by atoms with E-state index in [1.54, 1.807) is 0 Å². The van der Waals surface area contributed by atoms with Gasteiger partial charge in [0, 0.05) is 17.5 Å². The van der Waals surface area contributed by atoms with Gasteiger partial charge in [0.05, 0.1) is 16.6 Å². The zero-order valence-electron chi connectivity index (χ0n) is 7.56. The smallest absolute Gasteiger partial charge is 0.0971 e. The van der Waals surface area contributed by atoms with E-state index in [4.69, 9.17) is 17.5 Å². The van der Waals surface area contributed by atoms with Crippen LogP contribution in [0.4, 0.5) is 0 Å². The van der Waals surface area contributed by atoms with E-state index in [-0.39, 0.29) is 5.41 Å². The summed E-state index contributed by atoms with van der Waals surface area (Å²) in [7, 11) is 0. The first-order valence-corrected chi connectivity index (χ1v) is 4.29. The molecule has 1 N–H and O–H groups in total. The first-order chi connectivity index (χ1) is 5.47. The number of hydrogen-bond donors (Lipinski definition) is 1. The highest BCUT2D eigenvalue weighted by Crippen LogP contribution is 2.34. The van der Waals surface area contributed by atoms with Crippen molar-refractivity contribution in [3.63, 3.8) is 0 Å². The molecule has 0 aromatic carbocycles. The lowest BCUT2D eigenvalue weighted by Gasteiger charge is -2.31. The maximum atomic E-state index is 8.89. The Kier molecular flexibility index (Phi) is 2.20. The maximum absolute atomic E-state index is 8.89. The van der Waals surface area contributed by atoms with Crippen LogP contribution in [-0.2, 0) is 0 Å². The van der Waals surface area contributed by atoms with Crippen molar-refractivity contribution in [3.05, 3.63) is 11.3 Å². The van der Waals surface area contributed by atoms with E-state index in [0.717, 1.165) is 22.7 Å². The molecule has 0 radical (unpaired) electrons. The zero-order chi connectivity index (χ0) is 9.35. The van der Waals surface area contributed by atoms with E-state index in [1.165, 1.54) is 0 Å². The molecule has 1 rings (SSSR count). The third-order valence-corrected chi connectivity index (χ3v) is 2.34. The Balaban J connectivity index is 3.14. The summed E-state index contributed by atoms with van der Waals surface area (Å²) in [5.74, 6) is 0. The number of allylic oxidation sites excluding steroid dienone is 2. The van der Waals surface area contributed by atoms with Gasteiger partial charge in [-0.3, -0.25) is 0 Å². The minimum Gasteiger partial charge on any atom is -0.353 e. The molecule has 0 bridgehead atoms. The molecule has 0 aromatic rings. The summed E-state index contributed by atoms with van der Waals surface area (Å²) < 4.78 is 0. The largest absolute Gasteiger partial charge is 0.353 e. The second-order valence-corrected chi connectivity index (χ2v) is 4.21. The van der Waals surface area contributed by atoms with Gasteiger partial charge in [-0.05, 0) is 6.92 Å². The van der Waals surface area contributed by atoms with Crippen LogP contribution >= 0.6 is 12.2 Å². The maximum Gasteiger partial charge on any atom is 0.0971 e. The standard InChI is InChI=1S/C9H12N2S/c1-6-7(5-10)9(2,3)4-8(12)11-6/h4H2,1-3H3,(H,11,12). The molecule has 1 aliphatic heterocycles. The lowest BCUT2D eigenvalue weighted by Crippen LogP contribution is -2.34. The Hall–Kier alpha value is -0.880. The van der Waals surface area contributed by atoms with Crippen molar-refractivity contribution in [1.29, 1.82) is 5.26 Å². The summed E-state index contributed by atoms with van der Waals surface area (Å²) in [6.45, 7) is 5.98. The van der Waals surface area contributed by atoms with Crippen LogP contribution in [0.2, 0.25) is 0 Å². The Bertz CT molecular complexity index is 294. The monoisotopic (exact) mass is 180 g/mol. The summed E-state index contributed by atoms with van der Waals surface area (Å²) in [6, 6.07) is 2.22. The van der Waals surface area contributed by atoms with Gasteiger partial charge >= 0.3 is 0 Å². The van der Waals surface area contributed by atoms with Crippen molar-refractivity contribution in [3.8, 4) is 6.07 Å². The fourth-order valence-electron chi connectivity index (χ4n) is 1.55. The van der Waals surface area contributed by atoms with E-state index in [1.807, 2.05) is 20.8 Å². The number of hydrogen-bond acceptors (Lipinski definition) is 2. The summed E-state index contributed by atoms with van der Waals surface area (Å²) >= 11 is 5.08. The topological polar surface area (TPSA) is 35.8 Å². The molecule has 2 nitrogen and oxygen atoms in total. The molecule has 0 saturated carbocycles. The molecule has 0 aliphatic carbocycles. The highest BCUT2D eigenvalue weighted by Gasteiger charge is 2.30. The van der Waals surface area contributed by atoms with Crippen molar-refractivity contribution in [2.24, 2.45) is 5.41 Å². The van der Waals surface area contributed by atoms with Crippen molar-refractivity contribution >= 4 is 17.2 Å². The lowest BCUT2D eigenvalue weighted by molar-refractivity contribution is 0.461. The molecule has 0 aromatic heterocycles. The van der Waals surface area contributed by atoms with E-state index < -0.39 is 0 Å². The van der Waals surface area contributed by atoms with E-state index in [2.05, 4.69) is 11.4 Å². The van der Waals surface area contributed by atoms with Crippen molar-refractivity contribution in [2.45, 2.75) is 27.2 Å². The molecule has 1 aliphatic rings. The molecule has 0 amide bonds. The molecule has 0 spiro atoms. The first kappa shape index (κ1) is 9.21. The van der Waals surface area contributed by atoms with Gasteiger partial charge in [-0.15, -0.1) is 0 Å². The molecule has 64 valence electrons. The van der Waals surface area contributed by atoms with Crippen molar-refractivity contribution in [1.82, 2.24) is 5.32 Å². The second kappa shape index (κ2) is 2.87. The quantitative estimate of drug-likeness (QED) is 0.580. The van der Waals surface area contributed by atoms with Gasteiger partial charge in [0.15, 0.2) is 0 Å². The van der Waals surface area contributed by atoms with Crippen LogP contribution in [0.5, 0.6) is 0 Å². The normalized spacial score (nSPS) is 21.7. The Morgan fingerprint density at radius 2 is 2.17 bits per heavy atom. The molecule has 1 heterocycles. The molecule has 0 atom stereocenters. The van der Waals surface area contributed by atoms with Crippen LogP contribution in [-0.4, -0.2) is 4.99 Å². The zero-order valence-corrected chi connectivity index (χ0v) is 8.38. The van der Waals surface area contributed by atoms with Crippen LogP contribution in [0, 0.1) is 16.7 Å². The average Bonchev–Trinajstić information content (AvgIpc) is 1.82. The minimum atomic E-state index is -0.0961. The number of rotatable bonds is 0. The summed E-state index contributed by atoms with van der Waals surface area (Å²) in [5, 5.41) is 11.9. The molecule has 0 fully saturated rings. The lowest BCUT2D eigenvalue weighted by atomic mass is 9.78. The van der Waals surface area contributed by atoms with Gasteiger partial charge in [0.25, 0.3) is 0 Å². The van der Waals surface area contributed by atoms with Gasteiger partial charge in [0.2, 0.25) is 0 Å². The SMILES string of the molecule is CC1=C(C#N)C(C)(C)CC(=S)N1. The van der Waals surface area contributed by atoms with Gasteiger partial charge in [-0.2, -0.15) is 5.26 Å². The summed E-state index contributed by atoms with van der Waals surface area (Å²) in [5.41, 5.74) is 1.62. The fraction of sp³-hybridized carbons (Fsp3) is 0.556. The van der Waals surface area contributed by atoms with Gasteiger partial charge in [0.1, 0.15) is 0 Å². The van der Waals surface area contributed by atoms with E-state index in [9.17, 15) is 0 Å². The fourth-order valence-corrected chi connectivity index (χ4v) is 2.06. The van der Waals surface area contributed by atoms with Gasteiger partial charge in [-0.1, -0.05) is 26.1 Å². The van der Waals surface area contributed by atoms with Gasteiger partial charge in [-0.25, -0.2) is 0 Å². The van der Waals surface area contributed by atoms with Crippen LogP contribution < -0.4 is 5.32 Å². The Morgan fingerprint density at radius 3 is 2.58 bits per heavy atom. The van der Waals surface area contributed by atoms with E-state index in [0.29, 0.717) is 0 Å². The van der Waals surface area contributed by atoms with Crippen LogP contribution in [0.3, 0.4) is 0 Å². The van der Waals surface area contributed by atoms with Crippen LogP contribution in [0.15, 0.2) is 11.3 Å². The Morgan fingerprint density at radius 1 is 1.58 bits per heavy atom. The molecule has 0 saturated heterocycles. The number of thiocarbonyl (C=S) groups is 1. The average molecular weight is 180 g/mol. The van der Waals surface area contributed by atoms with Crippen molar-refractivity contribution < 1.29 is 0 Å². The molecule has 3 heteroatoms. The molecular formula is C9H12N2S. The third kappa shape index (κ3) is 1.49. The van der Waals surface area contributed by atoms with Crippen molar-refractivity contribution in [2.75, 3.05) is 0 Å². The number of nitriles is 1. The number of nitrogens with one attached hydrogen (secondary N) is 1. The Labute approximate surface area is 78.3 Å². The molecule has 12 heavy (non-hydrogen) atoms. The van der Waals surface area contributed by atoms with Crippen LogP contribution in [0.25, 0.3) is 0 Å². The highest BCUT2D eigenvalue weighted by molar-refractivity contribution is 7.80. The highest BCUT2D eigenvalue weighted by atomic mass is 32.1. The predicted octanol–water partition coefficient (Wildman–Crippen LogP) is 2.13. The third-order valence-electron chi connectivity index (χ3n) is 2.09. The molecular weight excluding hydrogens is 168 g/mol. The summed E-state index contributed by atoms with van der Waals surface area (Å²) in [4.78, 5) is 0.830. The minimum absolute atomic E-state index is 0.0961. The molecule has 0 unspecified atom stereocenters. The number of nitrogens with zero attached hydrogens (tertiary/aromatic N) is 1. The van der Waals surface area contributed by atoms with E-state index >= 15 is 0 Å². The predicted molar refractivity (Wildman–Crippen MR) is 52.4 cm³/mol. The first-order valence-electron chi connectivity index (χ1n) is 3.88. The van der Waals surface area contributed by atoms with Crippen LogP contribution in [0.1, 0.15) is 27.2 Å².